The van der Waals surface area contributed by atoms with Gasteiger partial charge in [0.05, 0.1) is 23.1 Å². The van der Waals surface area contributed by atoms with E-state index in [1.54, 1.807) is 6.20 Å². The van der Waals surface area contributed by atoms with E-state index in [1.807, 2.05) is 4.68 Å². The molecule has 1 amide bonds. The fourth-order valence-corrected chi connectivity index (χ4v) is 5.01. The zero-order valence-corrected chi connectivity index (χ0v) is 20.6. The van der Waals surface area contributed by atoms with Crippen LogP contribution in [0.3, 0.4) is 0 Å². The van der Waals surface area contributed by atoms with Crippen molar-refractivity contribution in [2.75, 3.05) is 58.9 Å². The van der Waals surface area contributed by atoms with Crippen LogP contribution in [0.1, 0.15) is 59.3 Å². The third-order valence-electron chi connectivity index (χ3n) is 7.36. The molecule has 1 aromatic heterocycles. The lowest BCUT2D eigenvalue weighted by atomic mass is 9.91. The molecule has 2 aliphatic rings. The first-order chi connectivity index (χ1) is 16.1. The first-order valence-electron chi connectivity index (χ1n) is 12.7. The molecule has 0 radical (unpaired) electrons. The van der Waals surface area contributed by atoms with Crippen molar-refractivity contribution in [2.24, 2.45) is 0 Å². The zero-order valence-electron chi connectivity index (χ0n) is 20.6. The molecule has 2 aliphatic heterocycles. The monoisotopic (exact) mass is 452 g/mol. The third kappa shape index (κ3) is 5.83. The molecule has 7 nitrogen and oxygen atoms in total. The van der Waals surface area contributed by atoms with Gasteiger partial charge in [-0.05, 0) is 82.5 Å². The van der Waals surface area contributed by atoms with E-state index < -0.39 is 0 Å². The van der Waals surface area contributed by atoms with Gasteiger partial charge in [-0.25, -0.2) is 4.68 Å². The van der Waals surface area contributed by atoms with Crippen molar-refractivity contribution in [1.82, 2.24) is 30.2 Å². The molecule has 2 N–H and O–H groups in total. The topological polar surface area (TPSA) is 65.4 Å². The van der Waals surface area contributed by atoms with Crippen LogP contribution in [0.2, 0.25) is 0 Å². The van der Waals surface area contributed by atoms with Crippen LogP contribution < -0.4 is 10.6 Å². The fourth-order valence-electron chi connectivity index (χ4n) is 5.01. The Morgan fingerprint density at radius 2 is 1.82 bits per heavy atom. The van der Waals surface area contributed by atoms with E-state index in [4.69, 9.17) is 5.10 Å². The van der Waals surface area contributed by atoms with Gasteiger partial charge in [0.1, 0.15) is 0 Å². The number of aromatic nitrogens is 2. The highest BCUT2D eigenvalue weighted by atomic mass is 16.1. The van der Waals surface area contributed by atoms with Crippen LogP contribution in [0.15, 0.2) is 24.4 Å². The summed E-state index contributed by atoms with van der Waals surface area (Å²) in [4.78, 5) is 18.2. The van der Waals surface area contributed by atoms with Gasteiger partial charge in [-0.15, -0.1) is 0 Å². The molecule has 0 unspecified atom stereocenters. The van der Waals surface area contributed by atoms with Gasteiger partial charge >= 0.3 is 0 Å². The number of nitrogens with one attached hydrogen (secondary N) is 2. The van der Waals surface area contributed by atoms with Gasteiger partial charge in [0.2, 0.25) is 0 Å². The molecule has 2 fully saturated rings. The van der Waals surface area contributed by atoms with Crippen molar-refractivity contribution in [1.29, 1.82) is 0 Å². The molecule has 3 heterocycles. The van der Waals surface area contributed by atoms with Gasteiger partial charge in [-0.1, -0.05) is 13.0 Å². The summed E-state index contributed by atoms with van der Waals surface area (Å²) < 4.78 is 2.00. The Morgan fingerprint density at radius 3 is 2.52 bits per heavy atom. The van der Waals surface area contributed by atoms with E-state index in [9.17, 15) is 4.79 Å². The number of hydrogen-bond donors (Lipinski definition) is 2. The minimum atomic E-state index is 0.00872. The van der Waals surface area contributed by atoms with Gasteiger partial charge in [0.25, 0.3) is 5.91 Å². The molecule has 0 aliphatic carbocycles. The predicted octanol–water partition coefficient (Wildman–Crippen LogP) is 2.71. The van der Waals surface area contributed by atoms with Gasteiger partial charge in [-0.3, -0.25) is 4.79 Å². The maximum absolute atomic E-state index is 13.2. The molecule has 2 saturated heterocycles. The number of carbonyl (C=O) groups excluding carboxylic acids is 1. The van der Waals surface area contributed by atoms with Crippen molar-refractivity contribution in [2.45, 2.75) is 46.0 Å². The number of hydrogen-bond acceptors (Lipinski definition) is 5. The van der Waals surface area contributed by atoms with Gasteiger partial charge < -0.3 is 20.4 Å². The zero-order chi connectivity index (χ0) is 23.2. The van der Waals surface area contributed by atoms with Crippen molar-refractivity contribution in [3.8, 4) is 5.69 Å². The molecule has 0 spiro atoms. The summed E-state index contributed by atoms with van der Waals surface area (Å²) in [7, 11) is 0. The quantitative estimate of drug-likeness (QED) is 0.603. The summed E-state index contributed by atoms with van der Waals surface area (Å²) >= 11 is 0. The Kier molecular flexibility index (Phi) is 8.17. The van der Waals surface area contributed by atoms with E-state index >= 15 is 0 Å². The van der Waals surface area contributed by atoms with E-state index in [2.05, 4.69) is 59.4 Å². The molecular formula is C26H40N6O. The highest BCUT2D eigenvalue weighted by Gasteiger charge is 2.27. The SMILES string of the molecule is CCN1CCN(CCCNC(=O)c2cnn(-c3ccc(C)c(C)c3)c2C2CCNCC2)CC1. The van der Waals surface area contributed by atoms with Crippen LogP contribution in [-0.2, 0) is 0 Å². The summed E-state index contributed by atoms with van der Waals surface area (Å²) in [6.07, 6.45) is 4.80. The fraction of sp³-hybridized carbons (Fsp3) is 0.615. The van der Waals surface area contributed by atoms with E-state index in [0.717, 1.165) is 88.6 Å². The average molecular weight is 453 g/mol. The van der Waals surface area contributed by atoms with Crippen LogP contribution in [0, 0.1) is 13.8 Å². The third-order valence-corrected chi connectivity index (χ3v) is 7.36. The van der Waals surface area contributed by atoms with E-state index in [1.165, 1.54) is 11.1 Å². The molecule has 4 rings (SSSR count). The average Bonchev–Trinajstić information content (AvgIpc) is 3.30. The van der Waals surface area contributed by atoms with Crippen molar-refractivity contribution in [3.63, 3.8) is 0 Å². The second-order valence-electron chi connectivity index (χ2n) is 9.53. The lowest BCUT2D eigenvalue weighted by molar-refractivity contribution is 0.0946. The van der Waals surface area contributed by atoms with Gasteiger partial charge in [0, 0.05) is 38.6 Å². The second kappa shape index (κ2) is 11.3. The molecule has 0 saturated carbocycles. The van der Waals surface area contributed by atoms with Crippen LogP contribution in [-0.4, -0.2) is 84.4 Å². The Morgan fingerprint density at radius 1 is 1.09 bits per heavy atom. The lowest BCUT2D eigenvalue weighted by Gasteiger charge is -2.33. The highest BCUT2D eigenvalue weighted by Crippen LogP contribution is 2.30. The molecular weight excluding hydrogens is 412 g/mol. The Bertz CT molecular complexity index is 925. The summed E-state index contributed by atoms with van der Waals surface area (Å²) in [5.74, 6) is 0.348. The maximum atomic E-state index is 13.2. The van der Waals surface area contributed by atoms with Crippen molar-refractivity contribution < 1.29 is 4.79 Å². The molecule has 1 aromatic carbocycles. The normalized spacial score (nSPS) is 18.5. The molecule has 7 heteroatoms. The smallest absolute Gasteiger partial charge is 0.254 e. The predicted molar refractivity (Wildman–Crippen MR) is 133 cm³/mol. The molecule has 180 valence electrons. The van der Waals surface area contributed by atoms with Gasteiger partial charge in [-0.2, -0.15) is 5.10 Å². The largest absolute Gasteiger partial charge is 0.352 e. The molecule has 0 atom stereocenters. The minimum Gasteiger partial charge on any atom is -0.352 e. The number of nitrogens with zero attached hydrogens (tertiary/aromatic N) is 4. The number of piperazine rings is 1. The Labute approximate surface area is 198 Å². The van der Waals surface area contributed by atoms with Crippen molar-refractivity contribution >= 4 is 5.91 Å². The number of rotatable bonds is 8. The number of amides is 1. The second-order valence-corrected chi connectivity index (χ2v) is 9.53. The lowest BCUT2D eigenvalue weighted by Crippen LogP contribution is -2.46. The number of carbonyl (C=O) groups is 1. The standard InChI is InChI=1S/C26H40N6O/c1-4-30-14-16-31(17-15-30)13-5-10-28-26(33)24-19-29-32(23-7-6-20(2)21(3)18-23)25(24)22-8-11-27-12-9-22/h6-7,18-19,22,27H,4-5,8-17H2,1-3H3,(H,28,33). The first kappa shape index (κ1) is 23.9. The Hall–Kier alpha value is -2.22. The van der Waals surface area contributed by atoms with Crippen LogP contribution >= 0.6 is 0 Å². The number of benzene rings is 1. The number of aryl methyl sites for hydroxylation is 2. The Balaban J connectivity index is 1.42. The summed E-state index contributed by atoms with van der Waals surface area (Å²) in [5.41, 5.74) is 5.34. The maximum Gasteiger partial charge on any atom is 0.254 e. The van der Waals surface area contributed by atoms with E-state index in [0.29, 0.717) is 12.5 Å². The van der Waals surface area contributed by atoms with Gasteiger partial charge in [0.15, 0.2) is 0 Å². The summed E-state index contributed by atoms with van der Waals surface area (Å²) in [6.45, 7) is 15.9. The van der Waals surface area contributed by atoms with Crippen LogP contribution in [0.5, 0.6) is 0 Å². The summed E-state index contributed by atoms with van der Waals surface area (Å²) in [6, 6.07) is 6.42. The van der Waals surface area contributed by atoms with E-state index in [-0.39, 0.29) is 5.91 Å². The molecule has 33 heavy (non-hydrogen) atoms. The number of piperidine rings is 1. The summed E-state index contributed by atoms with van der Waals surface area (Å²) in [5, 5.41) is 11.3. The van der Waals surface area contributed by atoms with Crippen molar-refractivity contribution in [3.05, 3.63) is 46.8 Å². The molecule has 0 bridgehead atoms. The highest BCUT2D eigenvalue weighted by molar-refractivity contribution is 5.95. The van der Waals surface area contributed by atoms with Crippen LogP contribution in [0.25, 0.3) is 5.69 Å². The number of likely N-dealkylation sites (N-methyl/N-ethyl adjacent to an activating group) is 1. The first-order valence-corrected chi connectivity index (χ1v) is 12.7. The minimum absolute atomic E-state index is 0.00872. The molecule has 2 aromatic rings. The van der Waals surface area contributed by atoms with Crippen LogP contribution in [0.4, 0.5) is 0 Å².